The fourth-order valence-corrected chi connectivity index (χ4v) is 4.65. The van der Waals surface area contributed by atoms with Gasteiger partial charge in [0.25, 0.3) is 5.56 Å². The number of halogens is 1. The molecule has 0 amide bonds. The SMILES string of the molecule is [2H]C(CC)(c1ccc(F)cc1)N1C[C@H](C)N(c2cc(=O)n(C)c3ccc(C#N)nc23)C[C@H]1C. The minimum Gasteiger partial charge on any atom is -0.364 e. The van der Waals surface area contributed by atoms with Crippen molar-refractivity contribution < 1.29 is 5.76 Å². The number of hydrogen-bond donors (Lipinski definition) is 0. The first kappa shape index (κ1) is 20.7. The summed E-state index contributed by atoms with van der Waals surface area (Å²) < 4.78 is 24.3. The summed E-state index contributed by atoms with van der Waals surface area (Å²) in [6.45, 7) is 7.28. The third kappa shape index (κ3) is 3.87. The highest BCUT2D eigenvalue weighted by Gasteiger charge is 2.34. The Labute approximate surface area is 188 Å². The number of piperazine rings is 1. The Kier molecular flexibility index (Phi) is 5.62. The molecule has 0 N–H and O–H groups in total. The Morgan fingerprint density at radius 2 is 1.94 bits per heavy atom. The van der Waals surface area contributed by atoms with E-state index in [-0.39, 0.29) is 23.5 Å². The van der Waals surface area contributed by atoms with Crippen molar-refractivity contribution in [2.45, 2.75) is 45.3 Å². The van der Waals surface area contributed by atoms with Crippen molar-refractivity contribution in [3.05, 3.63) is 69.9 Å². The number of nitrogens with zero attached hydrogens (tertiary/aromatic N) is 5. The number of aromatic nitrogens is 2. The molecule has 7 heteroatoms. The minimum absolute atomic E-state index is 0.0121. The molecule has 3 heterocycles. The second kappa shape index (κ2) is 8.71. The Morgan fingerprint density at radius 3 is 2.59 bits per heavy atom. The predicted octanol–water partition coefficient (Wildman–Crippen LogP) is 3.99. The summed E-state index contributed by atoms with van der Waals surface area (Å²) in [6, 6.07) is 12.2. The van der Waals surface area contributed by atoms with E-state index in [1.807, 2.05) is 6.92 Å². The van der Waals surface area contributed by atoms with Gasteiger partial charge in [0.05, 0.1) is 12.6 Å². The van der Waals surface area contributed by atoms with E-state index >= 15 is 0 Å². The van der Waals surface area contributed by atoms with Gasteiger partial charge in [-0.05, 0) is 50.1 Å². The highest BCUT2D eigenvalue weighted by Crippen LogP contribution is 2.33. The summed E-state index contributed by atoms with van der Waals surface area (Å²) in [5, 5.41) is 9.35. The van der Waals surface area contributed by atoms with Crippen LogP contribution in [0.3, 0.4) is 0 Å². The second-order valence-corrected chi connectivity index (χ2v) is 8.41. The summed E-state index contributed by atoms with van der Waals surface area (Å²) in [5.74, 6) is -0.315. The number of hydrogen-bond acceptors (Lipinski definition) is 5. The number of benzene rings is 1. The minimum atomic E-state index is -0.991. The van der Waals surface area contributed by atoms with Gasteiger partial charge in [0, 0.05) is 44.3 Å². The Balaban J connectivity index is 1.74. The molecule has 166 valence electrons. The molecule has 0 radical (unpaired) electrons. The van der Waals surface area contributed by atoms with Crippen LogP contribution in [0.5, 0.6) is 0 Å². The van der Waals surface area contributed by atoms with Crippen LogP contribution < -0.4 is 10.5 Å². The standard InChI is InChI=1S/C25H28FN5O/c1-5-21(18-6-8-19(26)9-7-18)30-14-17(3)31(15-16(30)2)23-12-24(32)29(4)22-11-10-20(13-27)28-25(22)23/h6-12,16-17,21H,5,14-15H2,1-4H3/t16-,17+,21?/m1/s1/i21D. The maximum absolute atomic E-state index is 13.5. The van der Waals surface area contributed by atoms with Crippen molar-refractivity contribution in [2.75, 3.05) is 18.0 Å². The fraction of sp³-hybridized carbons (Fsp3) is 0.400. The molecule has 3 atom stereocenters. The van der Waals surface area contributed by atoms with Gasteiger partial charge in [0.15, 0.2) is 0 Å². The van der Waals surface area contributed by atoms with E-state index in [0.29, 0.717) is 41.9 Å². The van der Waals surface area contributed by atoms with Gasteiger partial charge in [-0.3, -0.25) is 9.69 Å². The van der Waals surface area contributed by atoms with Crippen LogP contribution in [0.25, 0.3) is 11.0 Å². The molecular formula is C25H28FN5O. The van der Waals surface area contributed by atoms with Crippen LogP contribution in [-0.4, -0.2) is 39.6 Å². The zero-order chi connectivity index (χ0) is 23.9. The van der Waals surface area contributed by atoms with Gasteiger partial charge >= 0.3 is 0 Å². The average Bonchev–Trinajstić information content (AvgIpc) is 2.82. The fourth-order valence-electron chi connectivity index (χ4n) is 4.65. The number of anilines is 1. The molecule has 1 fully saturated rings. The summed E-state index contributed by atoms with van der Waals surface area (Å²) in [4.78, 5) is 21.5. The summed E-state index contributed by atoms with van der Waals surface area (Å²) in [6.07, 6.45) is 0.553. The van der Waals surface area contributed by atoms with Gasteiger partial charge in [-0.2, -0.15) is 5.26 Å². The van der Waals surface area contributed by atoms with Crippen LogP contribution >= 0.6 is 0 Å². The topological polar surface area (TPSA) is 65.2 Å². The maximum Gasteiger partial charge on any atom is 0.252 e. The first-order valence-electron chi connectivity index (χ1n) is 11.4. The van der Waals surface area contributed by atoms with Gasteiger partial charge in [-0.1, -0.05) is 19.1 Å². The first-order chi connectivity index (χ1) is 15.7. The quantitative estimate of drug-likeness (QED) is 0.621. The molecule has 0 aliphatic carbocycles. The van der Waals surface area contributed by atoms with Crippen molar-refractivity contribution in [1.29, 1.82) is 5.26 Å². The molecule has 1 saturated heterocycles. The van der Waals surface area contributed by atoms with Crippen LogP contribution in [0.15, 0.2) is 47.3 Å². The first-order valence-corrected chi connectivity index (χ1v) is 10.9. The van der Waals surface area contributed by atoms with E-state index in [9.17, 15) is 15.8 Å². The van der Waals surface area contributed by atoms with E-state index < -0.39 is 6.02 Å². The number of pyridine rings is 2. The van der Waals surface area contributed by atoms with Crippen LogP contribution in [0.4, 0.5) is 10.1 Å². The number of aryl methyl sites for hydroxylation is 1. The lowest BCUT2D eigenvalue weighted by molar-refractivity contribution is 0.107. The number of rotatable bonds is 4. The Bertz CT molecular complexity index is 1280. The van der Waals surface area contributed by atoms with Crippen molar-refractivity contribution in [2.24, 2.45) is 7.05 Å². The van der Waals surface area contributed by atoms with Crippen LogP contribution in [0.1, 0.15) is 45.8 Å². The van der Waals surface area contributed by atoms with Gasteiger partial charge in [0.1, 0.15) is 23.1 Å². The van der Waals surface area contributed by atoms with E-state index in [2.05, 4.69) is 34.7 Å². The molecular weight excluding hydrogens is 405 g/mol. The second-order valence-electron chi connectivity index (χ2n) is 8.41. The molecule has 1 aliphatic rings. The lowest BCUT2D eigenvalue weighted by atomic mass is 9.97. The zero-order valence-electron chi connectivity index (χ0n) is 19.8. The lowest BCUT2D eigenvalue weighted by Crippen LogP contribution is -2.57. The highest BCUT2D eigenvalue weighted by atomic mass is 19.1. The number of fused-ring (bicyclic) bond motifs is 1. The van der Waals surface area contributed by atoms with Crippen LogP contribution in [0.2, 0.25) is 0 Å². The molecule has 2 aromatic heterocycles. The average molecular weight is 435 g/mol. The van der Waals surface area contributed by atoms with Gasteiger partial charge in [0.2, 0.25) is 0 Å². The molecule has 32 heavy (non-hydrogen) atoms. The molecule has 4 rings (SSSR count). The predicted molar refractivity (Wildman–Crippen MR) is 124 cm³/mol. The Morgan fingerprint density at radius 1 is 1.22 bits per heavy atom. The molecule has 1 aliphatic heterocycles. The van der Waals surface area contributed by atoms with E-state index in [1.165, 1.54) is 16.7 Å². The van der Waals surface area contributed by atoms with Gasteiger partial charge < -0.3 is 9.47 Å². The van der Waals surface area contributed by atoms with Crippen LogP contribution in [-0.2, 0) is 7.05 Å². The molecule has 0 spiro atoms. The lowest BCUT2D eigenvalue weighted by Gasteiger charge is -2.48. The summed E-state index contributed by atoms with van der Waals surface area (Å²) in [5.41, 5.74) is 2.93. The van der Waals surface area contributed by atoms with E-state index in [4.69, 9.17) is 0 Å². The summed E-state index contributed by atoms with van der Waals surface area (Å²) >= 11 is 0. The number of nitriles is 1. The van der Waals surface area contributed by atoms with Crippen LogP contribution in [0, 0.1) is 17.1 Å². The largest absolute Gasteiger partial charge is 0.364 e. The maximum atomic E-state index is 13.5. The van der Waals surface area contributed by atoms with Crippen molar-refractivity contribution in [1.82, 2.24) is 14.5 Å². The third-order valence-corrected chi connectivity index (χ3v) is 6.34. The highest BCUT2D eigenvalue weighted by molar-refractivity contribution is 5.89. The van der Waals surface area contributed by atoms with E-state index in [0.717, 1.165) is 5.56 Å². The molecule has 1 unspecified atom stereocenters. The summed E-state index contributed by atoms with van der Waals surface area (Å²) in [7, 11) is 1.70. The van der Waals surface area contributed by atoms with Gasteiger partial charge in [-0.25, -0.2) is 9.37 Å². The molecule has 6 nitrogen and oxygen atoms in total. The monoisotopic (exact) mass is 434 g/mol. The smallest absolute Gasteiger partial charge is 0.252 e. The van der Waals surface area contributed by atoms with Crippen molar-refractivity contribution in [3.63, 3.8) is 0 Å². The molecule has 0 saturated carbocycles. The van der Waals surface area contributed by atoms with Gasteiger partial charge in [-0.15, -0.1) is 0 Å². The van der Waals surface area contributed by atoms with Crippen molar-refractivity contribution >= 4 is 16.7 Å². The Hall–Kier alpha value is -3.24. The van der Waals surface area contributed by atoms with E-state index in [1.54, 1.807) is 37.4 Å². The van der Waals surface area contributed by atoms with Crippen molar-refractivity contribution in [3.8, 4) is 6.07 Å². The zero-order valence-corrected chi connectivity index (χ0v) is 18.8. The normalized spacial score (nSPS) is 21.8. The molecule has 3 aromatic rings. The molecule has 1 aromatic carbocycles. The molecule has 0 bridgehead atoms. The third-order valence-electron chi connectivity index (χ3n) is 6.34.